The van der Waals surface area contributed by atoms with E-state index in [4.69, 9.17) is 0 Å². The summed E-state index contributed by atoms with van der Waals surface area (Å²) < 4.78 is 0. The van der Waals surface area contributed by atoms with Crippen LogP contribution in [0.3, 0.4) is 0 Å². The SMILES string of the molecule is CCCCC/C=C\C/C=C\CCCCCCCCN(CCCCCCCC/C=C\C/C=C\CCCCC)Cc1ccccc1. The first-order valence-corrected chi connectivity index (χ1v) is 19.2. The number of benzene rings is 1. The molecule has 0 spiro atoms. The van der Waals surface area contributed by atoms with Crippen molar-refractivity contribution < 1.29 is 0 Å². The maximum atomic E-state index is 2.72. The minimum atomic E-state index is 1.11. The summed E-state index contributed by atoms with van der Waals surface area (Å²) >= 11 is 0. The Morgan fingerprint density at radius 1 is 0.409 bits per heavy atom. The highest BCUT2D eigenvalue weighted by Gasteiger charge is 2.06. The molecule has 250 valence electrons. The Balaban J connectivity index is 2.07. The van der Waals surface area contributed by atoms with E-state index in [1.54, 1.807) is 0 Å². The third kappa shape index (κ3) is 28.9. The Morgan fingerprint density at radius 2 is 0.773 bits per heavy atom. The zero-order valence-electron chi connectivity index (χ0n) is 29.5. The summed E-state index contributed by atoms with van der Waals surface area (Å²) in [5, 5.41) is 0. The first-order chi connectivity index (χ1) is 21.9. The highest BCUT2D eigenvalue weighted by molar-refractivity contribution is 5.14. The van der Waals surface area contributed by atoms with Gasteiger partial charge in [0.05, 0.1) is 0 Å². The summed E-state index contributed by atoms with van der Waals surface area (Å²) in [6.45, 7) is 8.16. The van der Waals surface area contributed by atoms with Gasteiger partial charge in [-0.2, -0.15) is 0 Å². The van der Waals surface area contributed by atoms with Crippen LogP contribution in [-0.2, 0) is 6.54 Å². The fourth-order valence-corrected chi connectivity index (χ4v) is 5.76. The third-order valence-electron chi connectivity index (χ3n) is 8.60. The van der Waals surface area contributed by atoms with Gasteiger partial charge in [0, 0.05) is 6.54 Å². The molecule has 44 heavy (non-hydrogen) atoms. The molecule has 0 aliphatic heterocycles. The van der Waals surface area contributed by atoms with Gasteiger partial charge in [0.2, 0.25) is 0 Å². The molecule has 1 rings (SSSR count). The normalized spacial score (nSPS) is 12.3. The van der Waals surface area contributed by atoms with E-state index in [0.29, 0.717) is 0 Å². The van der Waals surface area contributed by atoms with Crippen molar-refractivity contribution >= 4 is 0 Å². The van der Waals surface area contributed by atoms with Crippen molar-refractivity contribution in [2.75, 3.05) is 13.1 Å². The molecule has 1 nitrogen and oxygen atoms in total. The van der Waals surface area contributed by atoms with Crippen molar-refractivity contribution in [1.29, 1.82) is 0 Å². The second-order valence-corrected chi connectivity index (χ2v) is 12.9. The van der Waals surface area contributed by atoms with Gasteiger partial charge >= 0.3 is 0 Å². The van der Waals surface area contributed by atoms with Crippen LogP contribution < -0.4 is 0 Å². The van der Waals surface area contributed by atoms with Gasteiger partial charge in [0.25, 0.3) is 0 Å². The summed E-state index contributed by atoms with van der Waals surface area (Å²) in [6.07, 6.45) is 50.7. The number of unbranched alkanes of at least 4 members (excludes halogenated alkanes) is 18. The minimum Gasteiger partial charge on any atom is -0.299 e. The Morgan fingerprint density at radius 3 is 1.18 bits per heavy atom. The van der Waals surface area contributed by atoms with Crippen LogP contribution in [0.15, 0.2) is 78.9 Å². The Kier molecular flexibility index (Phi) is 31.1. The van der Waals surface area contributed by atoms with E-state index in [2.05, 4.69) is 97.7 Å². The summed E-state index contributed by atoms with van der Waals surface area (Å²) in [7, 11) is 0. The van der Waals surface area contributed by atoms with E-state index >= 15 is 0 Å². The molecular formula is C43H73N. The fraction of sp³-hybridized carbons (Fsp3) is 0.674. The predicted octanol–water partition coefficient (Wildman–Crippen LogP) is 14.1. The lowest BCUT2D eigenvalue weighted by Crippen LogP contribution is -2.25. The topological polar surface area (TPSA) is 3.24 Å². The van der Waals surface area contributed by atoms with Crippen LogP contribution in [0.25, 0.3) is 0 Å². The molecule has 0 unspecified atom stereocenters. The molecule has 0 saturated carbocycles. The van der Waals surface area contributed by atoms with Crippen molar-refractivity contribution in [2.24, 2.45) is 0 Å². The van der Waals surface area contributed by atoms with Gasteiger partial charge < -0.3 is 0 Å². The van der Waals surface area contributed by atoms with E-state index in [0.717, 1.165) is 19.4 Å². The monoisotopic (exact) mass is 604 g/mol. The average molecular weight is 604 g/mol. The van der Waals surface area contributed by atoms with Gasteiger partial charge in [-0.25, -0.2) is 0 Å². The van der Waals surface area contributed by atoms with Crippen molar-refractivity contribution in [3.63, 3.8) is 0 Å². The second-order valence-electron chi connectivity index (χ2n) is 12.9. The smallest absolute Gasteiger partial charge is 0.0233 e. The predicted molar refractivity (Wildman–Crippen MR) is 200 cm³/mol. The highest BCUT2D eigenvalue weighted by atomic mass is 15.1. The van der Waals surface area contributed by atoms with Gasteiger partial charge in [-0.1, -0.05) is 170 Å². The zero-order chi connectivity index (χ0) is 31.4. The van der Waals surface area contributed by atoms with Crippen molar-refractivity contribution in [3.05, 3.63) is 84.5 Å². The molecule has 0 saturated heterocycles. The maximum Gasteiger partial charge on any atom is 0.0233 e. The highest BCUT2D eigenvalue weighted by Crippen LogP contribution is 2.13. The zero-order valence-corrected chi connectivity index (χ0v) is 29.5. The summed E-state index contributed by atoms with van der Waals surface area (Å²) in [5.74, 6) is 0. The van der Waals surface area contributed by atoms with Gasteiger partial charge in [-0.15, -0.1) is 0 Å². The molecule has 0 bridgehead atoms. The molecule has 0 aromatic heterocycles. The van der Waals surface area contributed by atoms with E-state index in [9.17, 15) is 0 Å². The summed E-state index contributed by atoms with van der Waals surface area (Å²) in [4.78, 5) is 2.72. The van der Waals surface area contributed by atoms with Crippen molar-refractivity contribution in [1.82, 2.24) is 4.90 Å². The van der Waals surface area contributed by atoms with Crippen LogP contribution in [0.5, 0.6) is 0 Å². The molecule has 0 radical (unpaired) electrons. The number of allylic oxidation sites excluding steroid dienone is 8. The molecular weight excluding hydrogens is 530 g/mol. The number of nitrogens with zero attached hydrogens (tertiary/aromatic N) is 1. The molecule has 0 aliphatic rings. The van der Waals surface area contributed by atoms with Crippen LogP contribution in [0.1, 0.15) is 174 Å². The second kappa shape index (κ2) is 34.0. The standard InChI is InChI=1S/C43H73N/c1-3-5-7-9-11-13-15-17-19-21-23-25-27-29-31-36-40-44(42-43-38-34-33-35-39-43)41-37-32-30-28-26-24-22-20-18-16-14-12-10-8-6-4-2/h11-14,17-20,33-35,38-39H,3-10,15-16,21-32,36-37,40-42H2,1-2H3/b13-11-,14-12-,19-17-,20-18-. The Labute approximate surface area is 276 Å². The third-order valence-corrected chi connectivity index (χ3v) is 8.60. The van der Waals surface area contributed by atoms with Crippen LogP contribution in [0, 0.1) is 0 Å². The largest absolute Gasteiger partial charge is 0.299 e. The van der Waals surface area contributed by atoms with Gasteiger partial charge in [-0.3, -0.25) is 4.90 Å². The minimum absolute atomic E-state index is 1.11. The Bertz CT molecular complexity index is 753. The number of hydrogen-bond donors (Lipinski definition) is 0. The Hall–Kier alpha value is -1.86. The summed E-state index contributed by atoms with van der Waals surface area (Å²) in [6, 6.07) is 11.1. The molecule has 1 heteroatoms. The van der Waals surface area contributed by atoms with Crippen molar-refractivity contribution in [3.8, 4) is 0 Å². The first kappa shape index (κ1) is 40.2. The molecule has 0 atom stereocenters. The van der Waals surface area contributed by atoms with E-state index in [-0.39, 0.29) is 0 Å². The molecule has 1 aromatic carbocycles. The molecule has 0 fully saturated rings. The average Bonchev–Trinajstić information content (AvgIpc) is 3.04. The van der Waals surface area contributed by atoms with Crippen LogP contribution in [0.2, 0.25) is 0 Å². The lowest BCUT2D eigenvalue weighted by molar-refractivity contribution is 0.252. The van der Waals surface area contributed by atoms with Crippen LogP contribution in [0.4, 0.5) is 0 Å². The van der Waals surface area contributed by atoms with Crippen LogP contribution in [-0.4, -0.2) is 18.0 Å². The van der Waals surface area contributed by atoms with Gasteiger partial charge in [-0.05, 0) is 95.7 Å². The van der Waals surface area contributed by atoms with Gasteiger partial charge in [0.15, 0.2) is 0 Å². The van der Waals surface area contributed by atoms with Gasteiger partial charge in [0.1, 0.15) is 0 Å². The molecule has 0 aliphatic carbocycles. The lowest BCUT2D eigenvalue weighted by atomic mass is 10.1. The van der Waals surface area contributed by atoms with E-state index in [1.807, 2.05) is 0 Å². The number of rotatable bonds is 32. The molecule has 0 amide bonds. The van der Waals surface area contributed by atoms with E-state index < -0.39 is 0 Å². The summed E-state index contributed by atoms with van der Waals surface area (Å²) in [5.41, 5.74) is 1.47. The van der Waals surface area contributed by atoms with Crippen LogP contribution >= 0.6 is 0 Å². The molecule has 1 aromatic rings. The molecule has 0 heterocycles. The quantitative estimate of drug-likeness (QED) is 0.0585. The molecule has 0 N–H and O–H groups in total. The van der Waals surface area contributed by atoms with E-state index in [1.165, 1.54) is 160 Å². The van der Waals surface area contributed by atoms with Crippen molar-refractivity contribution in [2.45, 2.75) is 174 Å². The first-order valence-electron chi connectivity index (χ1n) is 19.2. The maximum absolute atomic E-state index is 2.72. The fourth-order valence-electron chi connectivity index (χ4n) is 5.76. The lowest BCUT2D eigenvalue weighted by Gasteiger charge is -2.22. The number of hydrogen-bond acceptors (Lipinski definition) is 1.